The molecule has 82 valence electrons. The lowest BCUT2D eigenvalue weighted by atomic mass is 10.3. The summed E-state index contributed by atoms with van der Waals surface area (Å²) in [6.07, 6.45) is 3.16. The van der Waals surface area contributed by atoms with E-state index in [1.54, 1.807) is 12.3 Å². The first-order chi connectivity index (χ1) is 7.36. The van der Waals surface area contributed by atoms with Gasteiger partial charge in [-0.1, -0.05) is 5.16 Å². The van der Waals surface area contributed by atoms with E-state index in [1.165, 1.54) is 6.21 Å². The van der Waals surface area contributed by atoms with Crippen molar-refractivity contribution in [3.63, 3.8) is 0 Å². The normalized spacial score (nSPS) is 10.5. The van der Waals surface area contributed by atoms with Crippen molar-refractivity contribution in [2.24, 2.45) is 5.16 Å². The molecular weight excluding hydrogens is 196 g/mol. The summed E-state index contributed by atoms with van der Waals surface area (Å²) >= 11 is 0. The molecule has 1 rings (SSSR count). The van der Waals surface area contributed by atoms with Crippen molar-refractivity contribution < 1.29 is 14.7 Å². The molecule has 0 aliphatic carbocycles. The van der Waals surface area contributed by atoms with E-state index in [0.29, 0.717) is 12.5 Å². The highest BCUT2D eigenvalue weighted by atomic mass is 16.6. The molecule has 0 bridgehead atoms. The van der Waals surface area contributed by atoms with Crippen LogP contribution in [0.2, 0.25) is 0 Å². The van der Waals surface area contributed by atoms with Crippen molar-refractivity contribution in [2.75, 3.05) is 19.8 Å². The van der Waals surface area contributed by atoms with E-state index in [1.807, 2.05) is 13.0 Å². The van der Waals surface area contributed by atoms with E-state index in [4.69, 9.17) is 14.7 Å². The lowest BCUT2D eigenvalue weighted by molar-refractivity contribution is 0.0997. The summed E-state index contributed by atoms with van der Waals surface area (Å²) in [7, 11) is 0. The highest BCUT2D eigenvalue weighted by Gasteiger charge is 1.93. The Bertz CT molecular complexity index is 298. The molecule has 0 aromatic carbocycles. The van der Waals surface area contributed by atoms with Gasteiger partial charge in [0, 0.05) is 17.8 Å². The molecule has 1 aromatic rings. The van der Waals surface area contributed by atoms with Crippen molar-refractivity contribution in [1.82, 2.24) is 4.98 Å². The number of ether oxygens (including phenoxy) is 1. The van der Waals surface area contributed by atoms with E-state index in [0.717, 1.165) is 5.56 Å². The quantitative estimate of drug-likeness (QED) is 0.429. The minimum Gasteiger partial charge on any atom is -0.478 e. The lowest BCUT2D eigenvalue weighted by Gasteiger charge is -2.00. The molecular formula is C10H14N2O3. The molecule has 1 N–H and O–H groups in total. The average molecular weight is 210 g/mol. The summed E-state index contributed by atoms with van der Waals surface area (Å²) in [6, 6.07) is 3.58. The fraction of sp³-hybridized carbons (Fsp3) is 0.400. The van der Waals surface area contributed by atoms with Crippen molar-refractivity contribution in [3.8, 4) is 5.88 Å². The zero-order valence-electron chi connectivity index (χ0n) is 8.59. The predicted octanol–water partition coefficient (Wildman–Crippen LogP) is 0.823. The standard InChI is InChI=1S/C10H14N2O3/c1-2-14-10-4-3-9(7-11-10)8-12-15-6-5-13/h3-4,7-8,13H,2,5-6H2,1H3/b12-8-. The summed E-state index contributed by atoms with van der Waals surface area (Å²) in [4.78, 5) is 8.77. The molecule has 5 nitrogen and oxygen atoms in total. The smallest absolute Gasteiger partial charge is 0.213 e. The molecule has 0 radical (unpaired) electrons. The molecule has 15 heavy (non-hydrogen) atoms. The first-order valence-electron chi connectivity index (χ1n) is 4.72. The Morgan fingerprint density at radius 2 is 2.40 bits per heavy atom. The maximum atomic E-state index is 8.43. The monoisotopic (exact) mass is 210 g/mol. The van der Waals surface area contributed by atoms with Gasteiger partial charge in [-0.3, -0.25) is 0 Å². The Balaban J connectivity index is 2.45. The number of hydrogen-bond acceptors (Lipinski definition) is 5. The number of hydrogen-bond donors (Lipinski definition) is 1. The number of aromatic nitrogens is 1. The van der Waals surface area contributed by atoms with E-state index in [-0.39, 0.29) is 13.2 Å². The van der Waals surface area contributed by atoms with Crippen LogP contribution in [0, 0.1) is 0 Å². The van der Waals surface area contributed by atoms with Crippen LogP contribution in [-0.2, 0) is 4.84 Å². The molecule has 0 aliphatic heterocycles. The Morgan fingerprint density at radius 1 is 1.53 bits per heavy atom. The van der Waals surface area contributed by atoms with Crippen LogP contribution in [0.15, 0.2) is 23.5 Å². The zero-order valence-corrected chi connectivity index (χ0v) is 8.59. The number of rotatable bonds is 6. The van der Waals surface area contributed by atoms with Crippen LogP contribution in [0.25, 0.3) is 0 Å². The largest absolute Gasteiger partial charge is 0.478 e. The third-order valence-electron chi connectivity index (χ3n) is 1.51. The van der Waals surface area contributed by atoms with Gasteiger partial charge in [0.2, 0.25) is 5.88 Å². The molecule has 1 aromatic heterocycles. The number of aliphatic hydroxyl groups excluding tert-OH is 1. The zero-order chi connectivity index (χ0) is 10.9. The third kappa shape index (κ3) is 4.42. The van der Waals surface area contributed by atoms with Gasteiger partial charge in [-0.05, 0) is 13.0 Å². The summed E-state index contributed by atoms with van der Waals surface area (Å²) in [5.41, 5.74) is 0.816. The van der Waals surface area contributed by atoms with Gasteiger partial charge in [0.25, 0.3) is 0 Å². The fourth-order valence-electron chi connectivity index (χ4n) is 0.893. The van der Waals surface area contributed by atoms with Gasteiger partial charge in [-0.15, -0.1) is 0 Å². The summed E-state index contributed by atoms with van der Waals surface area (Å²) in [6.45, 7) is 2.65. The number of pyridine rings is 1. The Kier molecular flexibility index (Phi) is 5.18. The Hall–Kier alpha value is -1.62. The SMILES string of the molecule is CCOc1ccc(/C=N\OCCO)cn1. The molecule has 0 spiro atoms. The first kappa shape index (κ1) is 11.5. The maximum absolute atomic E-state index is 8.43. The van der Waals surface area contributed by atoms with Crippen molar-refractivity contribution >= 4 is 6.21 Å². The predicted molar refractivity (Wildman–Crippen MR) is 56.0 cm³/mol. The van der Waals surface area contributed by atoms with Crippen LogP contribution in [-0.4, -0.2) is 36.1 Å². The Morgan fingerprint density at radius 3 is 3.00 bits per heavy atom. The summed E-state index contributed by atoms with van der Waals surface area (Å²) in [5.74, 6) is 0.589. The van der Waals surface area contributed by atoms with Crippen LogP contribution >= 0.6 is 0 Å². The van der Waals surface area contributed by atoms with Crippen LogP contribution in [0.5, 0.6) is 5.88 Å². The average Bonchev–Trinajstić information content (AvgIpc) is 2.27. The van der Waals surface area contributed by atoms with Crippen molar-refractivity contribution in [3.05, 3.63) is 23.9 Å². The molecule has 0 unspecified atom stereocenters. The van der Waals surface area contributed by atoms with Gasteiger partial charge in [0.1, 0.15) is 6.61 Å². The van der Waals surface area contributed by atoms with Crippen LogP contribution < -0.4 is 4.74 Å². The molecule has 0 amide bonds. The van der Waals surface area contributed by atoms with Gasteiger partial charge >= 0.3 is 0 Å². The topological polar surface area (TPSA) is 63.9 Å². The summed E-state index contributed by atoms with van der Waals surface area (Å²) < 4.78 is 5.18. The Labute approximate surface area is 88.3 Å². The second kappa shape index (κ2) is 6.78. The highest BCUT2D eigenvalue weighted by molar-refractivity contribution is 5.78. The van der Waals surface area contributed by atoms with Crippen molar-refractivity contribution in [2.45, 2.75) is 6.92 Å². The summed E-state index contributed by atoms with van der Waals surface area (Å²) in [5, 5.41) is 12.1. The third-order valence-corrected chi connectivity index (χ3v) is 1.51. The van der Waals surface area contributed by atoms with Crippen molar-refractivity contribution in [1.29, 1.82) is 0 Å². The van der Waals surface area contributed by atoms with Gasteiger partial charge in [0.05, 0.1) is 19.4 Å². The number of aliphatic hydroxyl groups is 1. The first-order valence-corrected chi connectivity index (χ1v) is 4.72. The highest BCUT2D eigenvalue weighted by Crippen LogP contribution is 2.05. The molecule has 5 heteroatoms. The lowest BCUT2D eigenvalue weighted by Crippen LogP contribution is -1.95. The van der Waals surface area contributed by atoms with Crippen LogP contribution in [0.4, 0.5) is 0 Å². The van der Waals surface area contributed by atoms with E-state index in [2.05, 4.69) is 10.1 Å². The van der Waals surface area contributed by atoms with Gasteiger partial charge in [0.15, 0.2) is 0 Å². The van der Waals surface area contributed by atoms with Crippen LogP contribution in [0.1, 0.15) is 12.5 Å². The molecule has 0 saturated heterocycles. The molecule has 0 atom stereocenters. The molecule has 1 heterocycles. The van der Waals surface area contributed by atoms with Gasteiger partial charge < -0.3 is 14.7 Å². The van der Waals surface area contributed by atoms with Crippen LogP contribution in [0.3, 0.4) is 0 Å². The number of oxime groups is 1. The fourth-order valence-corrected chi connectivity index (χ4v) is 0.893. The second-order valence-electron chi connectivity index (χ2n) is 2.65. The van der Waals surface area contributed by atoms with Gasteiger partial charge in [-0.25, -0.2) is 4.98 Å². The minimum atomic E-state index is -0.0428. The minimum absolute atomic E-state index is 0.0428. The van der Waals surface area contributed by atoms with E-state index < -0.39 is 0 Å². The van der Waals surface area contributed by atoms with Gasteiger partial charge in [-0.2, -0.15) is 0 Å². The van der Waals surface area contributed by atoms with E-state index >= 15 is 0 Å². The molecule has 0 fully saturated rings. The molecule has 0 saturated carbocycles. The number of nitrogens with zero attached hydrogens (tertiary/aromatic N) is 2. The molecule has 0 aliphatic rings. The van der Waals surface area contributed by atoms with E-state index in [9.17, 15) is 0 Å². The second-order valence-corrected chi connectivity index (χ2v) is 2.65. The maximum Gasteiger partial charge on any atom is 0.213 e.